The van der Waals surface area contributed by atoms with Crippen LogP contribution in [0.3, 0.4) is 0 Å². The Bertz CT molecular complexity index is 82.2. The zero-order valence-corrected chi connectivity index (χ0v) is 4.30. The molecule has 0 aromatic heterocycles. The van der Waals surface area contributed by atoms with Gasteiger partial charge < -0.3 is 0 Å². The van der Waals surface area contributed by atoms with Crippen LogP contribution >= 0.6 is 7.60 Å². The van der Waals surface area contributed by atoms with Crippen molar-refractivity contribution < 1.29 is 13.6 Å². The van der Waals surface area contributed by atoms with Crippen molar-refractivity contribution in [2.45, 2.75) is 0 Å². The van der Waals surface area contributed by atoms with Gasteiger partial charge in [0.05, 0.1) is 6.66 Å². The van der Waals surface area contributed by atoms with Crippen LogP contribution in [-0.4, -0.2) is 0 Å². The maximum atomic E-state index is 10.0. The van der Waals surface area contributed by atoms with E-state index in [0.717, 1.165) is 0 Å². The Labute approximate surface area is 43.2 Å². The normalized spacial score (nSPS) is 11.9. The first-order valence-electron chi connectivity index (χ1n) is 1.28. The van der Waals surface area contributed by atoms with Crippen molar-refractivity contribution in [3.63, 3.8) is 0 Å². The van der Waals surface area contributed by atoms with Gasteiger partial charge in [0.25, 0.3) is 0 Å². The summed E-state index contributed by atoms with van der Waals surface area (Å²) in [6.07, 6.45) is 0. The first-order chi connectivity index (χ1) is 3.12. The zero-order chi connectivity index (χ0) is 5.91. The first-order valence-corrected chi connectivity index (χ1v) is 2.89. The van der Waals surface area contributed by atoms with Crippen LogP contribution in [0.15, 0.2) is 0 Å². The smallest absolute Gasteiger partial charge is 0.299 e. The van der Waals surface area contributed by atoms with Crippen LogP contribution in [0, 0.1) is 20.9 Å². The molecule has 7 heavy (non-hydrogen) atoms. The van der Waals surface area contributed by atoms with E-state index >= 15 is 0 Å². The summed E-state index contributed by atoms with van der Waals surface area (Å²) >= 11 is 0. The molecule has 38 valence electrons. The quantitative estimate of drug-likeness (QED) is 0.511. The molecule has 0 saturated carbocycles. The Balaban J connectivity index is 3.61. The Morgan fingerprint density at radius 3 is 1.57 bits per heavy atom. The standard InChI is InChI=1S/C3H3O3P/c1-5-7(3,4)6-2/h1-3H. The largest absolute Gasteiger partial charge is 0.336 e. The molecule has 3 nitrogen and oxygen atoms in total. The molecule has 0 aliphatic carbocycles. The molecule has 0 aliphatic heterocycles. The molecule has 0 rings (SSSR count). The highest BCUT2D eigenvalue weighted by Gasteiger charge is 2.10. The molecule has 0 unspecified atom stereocenters. The van der Waals surface area contributed by atoms with Crippen LogP contribution in [-0.2, 0) is 13.6 Å². The minimum Gasteiger partial charge on any atom is -0.299 e. The summed E-state index contributed by atoms with van der Waals surface area (Å²) in [5.41, 5.74) is 0. The second kappa shape index (κ2) is 2.46. The van der Waals surface area contributed by atoms with E-state index in [1.54, 1.807) is 0 Å². The molecule has 0 saturated heterocycles. The van der Waals surface area contributed by atoms with E-state index < -0.39 is 7.60 Å². The highest BCUT2D eigenvalue weighted by molar-refractivity contribution is 7.55. The lowest BCUT2D eigenvalue weighted by molar-refractivity contribution is 0.331. The van der Waals surface area contributed by atoms with Crippen LogP contribution in [0.1, 0.15) is 0 Å². The Morgan fingerprint density at radius 2 is 1.57 bits per heavy atom. The lowest BCUT2D eigenvalue weighted by Gasteiger charge is -2.02. The molecular weight excluding hydrogens is 115 g/mol. The average molecular weight is 118 g/mol. The molecular formula is C3H3O3P. The van der Waals surface area contributed by atoms with Crippen molar-refractivity contribution in [3.8, 4) is 0 Å². The van der Waals surface area contributed by atoms with Crippen molar-refractivity contribution in [1.29, 1.82) is 0 Å². The summed E-state index contributed by atoms with van der Waals surface area (Å²) < 4.78 is 17.2. The van der Waals surface area contributed by atoms with E-state index in [1.807, 2.05) is 0 Å². The topological polar surface area (TPSA) is 35.5 Å². The predicted octanol–water partition coefficient (Wildman–Crippen LogP) is 1.22. The fourth-order valence-electron chi connectivity index (χ4n) is 0.0248. The van der Waals surface area contributed by atoms with Crippen molar-refractivity contribution in [3.05, 3.63) is 20.9 Å². The third kappa shape index (κ3) is 2.80. The highest BCUT2D eigenvalue weighted by atomic mass is 31.2. The number of rotatable bonds is 2. The summed E-state index contributed by atoms with van der Waals surface area (Å²) in [6.45, 7) is 4.58. The second-order valence-corrected chi connectivity index (χ2v) is 2.25. The number of hydrogen-bond acceptors (Lipinski definition) is 3. The van der Waals surface area contributed by atoms with E-state index in [2.05, 4.69) is 29.9 Å². The summed E-state index contributed by atoms with van der Waals surface area (Å²) in [5, 5.41) is 0. The molecule has 0 aliphatic rings. The molecule has 0 amide bonds. The van der Waals surface area contributed by atoms with Gasteiger partial charge in [0, 0.05) is 0 Å². The van der Waals surface area contributed by atoms with Crippen molar-refractivity contribution >= 4 is 7.60 Å². The van der Waals surface area contributed by atoms with Crippen LogP contribution in [0.4, 0.5) is 0 Å². The Kier molecular flexibility index (Phi) is 2.51. The van der Waals surface area contributed by atoms with E-state index in [4.69, 9.17) is 0 Å². The van der Waals surface area contributed by atoms with E-state index in [9.17, 15) is 4.57 Å². The van der Waals surface area contributed by atoms with Crippen molar-refractivity contribution in [2.24, 2.45) is 0 Å². The van der Waals surface area contributed by atoms with Gasteiger partial charge in [-0.05, 0) is 0 Å². The summed E-state index contributed by atoms with van der Waals surface area (Å²) in [5.74, 6) is 0. The Hall–Kier alpha value is 0.150. The number of hydrogen-bond donors (Lipinski definition) is 0. The molecule has 0 aromatic rings. The summed E-state index contributed by atoms with van der Waals surface area (Å²) in [6, 6.07) is 0. The first kappa shape index (κ1) is 7.15. The molecule has 0 atom stereocenters. The van der Waals surface area contributed by atoms with Gasteiger partial charge in [-0.2, -0.15) is 0 Å². The van der Waals surface area contributed by atoms with Gasteiger partial charge in [-0.3, -0.25) is 13.6 Å². The maximum Gasteiger partial charge on any atom is 0.336 e. The van der Waals surface area contributed by atoms with Gasteiger partial charge in [-0.15, -0.1) is 0 Å². The van der Waals surface area contributed by atoms with Gasteiger partial charge in [0.1, 0.15) is 14.2 Å². The Morgan fingerprint density at radius 1 is 1.29 bits per heavy atom. The maximum absolute atomic E-state index is 10.0. The molecule has 0 aromatic carbocycles. The van der Waals surface area contributed by atoms with Crippen LogP contribution in [0.25, 0.3) is 0 Å². The van der Waals surface area contributed by atoms with Crippen LogP contribution < -0.4 is 0 Å². The molecule has 0 spiro atoms. The molecule has 4 heteroatoms. The molecule has 0 fully saturated rings. The summed E-state index contributed by atoms with van der Waals surface area (Å²) in [4.78, 5) is 0. The van der Waals surface area contributed by atoms with Crippen LogP contribution in [0.2, 0.25) is 0 Å². The van der Waals surface area contributed by atoms with Gasteiger partial charge in [0.15, 0.2) is 0 Å². The van der Waals surface area contributed by atoms with E-state index in [-0.39, 0.29) is 0 Å². The predicted molar refractivity (Wildman–Crippen MR) is 22.7 cm³/mol. The van der Waals surface area contributed by atoms with E-state index in [1.165, 1.54) is 0 Å². The molecule has 0 bridgehead atoms. The third-order valence-corrected chi connectivity index (χ3v) is 0.882. The average Bonchev–Trinajstić information content (AvgIpc) is 1.68. The zero-order valence-electron chi connectivity index (χ0n) is 3.40. The van der Waals surface area contributed by atoms with Crippen LogP contribution in [0.5, 0.6) is 0 Å². The lowest BCUT2D eigenvalue weighted by Crippen LogP contribution is -1.75. The van der Waals surface area contributed by atoms with Gasteiger partial charge in [-0.1, -0.05) is 0 Å². The SMILES string of the molecule is [CH]OP([CH])(=O)O[CH]. The summed E-state index contributed by atoms with van der Waals surface area (Å²) in [7, 11) is 5.05. The van der Waals surface area contributed by atoms with Gasteiger partial charge >= 0.3 is 7.60 Å². The fraction of sp³-hybridized carbons (Fsp3) is 0. The third-order valence-electron chi connectivity index (χ3n) is 0.294. The molecule has 0 N–H and O–H groups in total. The monoisotopic (exact) mass is 118 g/mol. The second-order valence-electron chi connectivity index (χ2n) is 0.751. The fourth-order valence-corrected chi connectivity index (χ4v) is 0.0745. The minimum absolute atomic E-state index is 3.57. The molecule has 6 radical (unpaired) electrons. The van der Waals surface area contributed by atoms with E-state index in [0.29, 0.717) is 0 Å². The van der Waals surface area contributed by atoms with Crippen molar-refractivity contribution in [2.75, 3.05) is 0 Å². The minimum atomic E-state index is -3.60. The van der Waals surface area contributed by atoms with Gasteiger partial charge in [0.2, 0.25) is 0 Å². The van der Waals surface area contributed by atoms with Gasteiger partial charge in [-0.25, -0.2) is 0 Å². The highest BCUT2D eigenvalue weighted by Crippen LogP contribution is 2.44. The van der Waals surface area contributed by atoms with Crippen molar-refractivity contribution in [1.82, 2.24) is 0 Å². The molecule has 0 heterocycles. The lowest BCUT2D eigenvalue weighted by atomic mass is 11.8.